The van der Waals surface area contributed by atoms with E-state index in [0.717, 1.165) is 23.4 Å². The monoisotopic (exact) mass is 565 g/mol. The van der Waals surface area contributed by atoms with Gasteiger partial charge in [-0.25, -0.2) is 9.78 Å². The molecule has 13 heteroatoms. The van der Waals surface area contributed by atoms with E-state index in [1.54, 1.807) is 42.6 Å². The predicted molar refractivity (Wildman–Crippen MR) is 151 cm³/mol. The van der Waals surface area contributed by atoms with E-state index < -0.39 is 12.4 Å². The summed E-state index contributed by atoms with van der Waals surface area (Å²) in [7, 11) is 1.83. The van der Waals surface area contributed by atoms with Crippen molar-refractivity contribution in [2.24, 2.45) is 0 Å². The lowest BCUT2D eigenvalue weighted by Gasteiger charge is -2.19. The van der Waals surface area contributed by atoms with Crippen LogP contribution in [0.5, 0.6) is 5.75 Å². The van der Waals surface area contributed by atoms with E-state index in [0.29, 0.717) is 34.5 Å². The number of nitrogens with one attached hydrogen (secondary N) is 4. The average molecular weight is 566 g/mol. The lowest BCUT2D eigenvalue weighted by atomic mass is 10.2. The molecule has 3 amide bonds. The van der Waals surface area contributed by atoms with Crippen molar-refractivity contribution < 1.29 is 27.5 Å². The number of aromatic nitrogens is 2. The molecule has 0 fully saturated rings. The number of anilines is 7. The SMILES string of the molecule is CC(=O)Nc1cc(Nc2nccc(N(C)c3ccc(NC(=O)Nc4ccc(OC(F)(F)F)cc4)cc3)n2)ccc1C. The standard InChI is InChI=1S/C28H26F3N7O3/c1-17-4-5-21(16-24(17)33-18(2)39)34-26-32-15-14-25(37-26)38(3)22-10-6-19(7-11-22)35-27(40)36-20-8-12-23(13-9-20)41-28(29,30)31/h4-16H,1-3H3,(H,33,39)(H,32,34,37)(H2,35,36,40). The summed E-state index contributed by atoms with van der Waals surface area (Å²) >= 11 is 0. The van der Waals surface area contributed by atoms with Crippen LogP contribution in [0, 0.1) is 6.92 Å². The van der Waals surface area contributed by atoms with Gasteiger partial charge in [-0.3, -0.25) is 4.79 Å². The van der Waals surface area contributed by atoms with Gasteiger partial charge in [0.1, 0.15) is 11.6 Å². The quantitative estimate of drug-likeness (QED) is 0.186. The van der Waals surface area contributed by atoms with Crippen LogP contribution >= 0.6 is 0 Å². The number of alkyl halides is 3. The third-order valence-electron chi connectivity index (χ3n) is 5.65. The van der Waals surface area contributed by atoms with Crippen LogP contribution in [0.25, 0.3) is 0 Å². The van der Waals surface area contributed by atoms with Gasteiger partial charge >= 0.3 is 12.4 Å². The van der Waals surface area contributed by atoms with Crippen LogP contribution in [0.15, 0.2) is 79.0 Å². The zero-order valence-corrected chi connectivity index (χ0v) is 22.2. The Bertz CT molecular complexity index is 1530. The van der Waals surface area contributed by atoms with Crippen molar-refractivity contribution in [3.8, 4) is 5.75 Å². The zero-order chi connectivity index (χ0) is 29.6. The molecule has 0 saturated carbocycles. The Morgan fingerprint density at radius 2 is 1.46 bits per heavy atom. The number of halogens is 3. The zero-order valence-electron chi connectivity index (χ0n) is 22.2. The summed E-state index contributed by atoms with van der Waals surface area (Å²) in [6.07, 6.45) is -3.17. The Balaban J connectivity index is 1.36. The molecule has 4 aromatic rings. The first-order valence-corrected chi connectivity index (χ1v) is 12.2. The van der Waals surface area contributed by atoms with Gasteiger partial charge < -0.3 is 30.9 Å². The number of urea groups is 1. The highest BCUT2D eigenvalue weighted by atomic mass is 19.4. The second-order valence-electron chi connectivity index (χ2n) is 8.83. The van der Waals surface area contributed by atoms with Crippen LogP contribution in [0.3, 0.4) is 0 Å². The smallest absolute Gasteiger partial charge is 0.406 e. The number of nitrogens with zero attached hydrogens (tertiary/aromatic N) is 3. The van der Waals surface area contributed by atoms with Crippen molar-refractivity contribution in [3.05, 3.63) is 84.6 Å². The van der Waals surface area contributed by atoms with Gasteiger partial charge in [0.25, 0.3) is 0 Å². The van der Waals surface area contributed by atoms with Crippen LogP contribution in [-0.4, -0.2) is 35.3 Å². The molecule has 10 nitrogen and oxygen atoms in total. The molecule has 1 aromatic heterocycles. The van der Waals surface area contributed by atoms with Crippen molar-refractivity contribution in [1.82, 2.24) is 9.97 Å². The first-order valence-electron chi connectivity index (χ1n) is 12.2. The summed E-state index contributed by atoms with van der Waals surface area (Å²) < 4.78 is 40.7. The molecule has 4 N–H and O–H groups in total. The molecule has 4 rings (SSSR count). The first kappa shape index (κ1) is 28.7. The average Bonchev–Trinajstić information content (AvgIpc) is 2.91. The maximum atomic E-state index is 12.3. The normalized spacial score (nSPS) is 10.9. The number of rotatable bonds is 8. The Kier molecular flexibility index (Phi) is 8.56. The van der Waals surface area contributed by atoms with Crippen molar-refractivity contribution in [1.29, 1.82) is 0 Å². The van der Waals surface area contributed by atoms with Crippen LogP contribution in [0.4, 0.5) is 58.2 Å². The van der Waals surface area contributed by atoms with Crippen LogP contribution in [-0.2, 0) is 4.79 Å². The fourth-order valence-corrected chi connectivity index (χ4v) is 3.68. The molecule has 0 atom stereocenters. The van der Waals surface area contributed by atoms with E-state index >= 15 is 0 Å². The van der Waals surface area contributed by atoms with E-state index in [9.17, 15) is 22.8 Å². The van der Waals surface area contributed by atoms with Gasteiger partial charge in [0.05, 0.1) is 0 Å². The van der Waals surface area contributed by atoms with Crippen molar-refractivity contribution >= 4 is 52.1 Å². The maximum Gasteiger partial charge on any atom is 0.573 e. The number of hydrogen-bond acceptors (Lipinski definition) is 7. The lowest BCUT2D eigenvalue weighted by Crippen LogP contribution is -2.20. The van der Waals surface area contributed by atoms with Gasteiger partial charge in [-0.2, -0.15) is 4.98 Å². The van der Waals surface area contributed by atoms with Crippen LogP contribution in [0.1, 0.15) is 12.5 Å². The summed E-state index contributed by atoms with van der Waals surface area (Å²) in [4.78, 5) is 34.5. The molecule has 212 valence electrons. The minimum atomic E-state index is -4.79. The lowest BCUT2D eigenvalue weighted by molar-refractivity contribution is -0.274. The Hall–Kier alpha value is -5.33. The summed E-state index contributed by atoms with van der Waals surface area (Å²) in [5.41, 5.74) is 3.88. The number of benzene rings is 3. The summed E-state index contributed by atoms with van der Waals surface area (Å²) in [6, 6.07) is 18.5. The van der Waals surface area contributed by atoms with Gasteiger partial charge in [-0.1, -0.05) is 6.07 Å². The molecule has 0 unspecified atom stereocenters. The van der Waals surface area contributed by atoms with Crippen molar-refractivity contribution in [2.75, 3.05) is 33.2 Å². The topological polar surface area (TPSA) is 121 Å². The number of hydrogen-bond donors (Lipinski definition) is 4. The summed E-state index contributed by atoms with van der Waals surface area (Å²) in [5.74, 6) is 0.411. The fraction of sp³-hybridized carbons (Fsp3) is 0.143. The number of aryl methyl sites for hydroxylation is 1. The highest BCUT2D eigenvalue weighted by Gasteiger charge is 2.31. The molecule has 0 bridgehead atoms. The van der Waals surface area contributed by atoms with Crippen molar-refractivity contribution in [3.63, 3.8) is 0 Å². The van der Waals surface area contributed by atoms with E-state index in [1.165, 1.54) is 19.1 Å². The third-order valence-corrected chi connectivity index (χ3v) is 5.65. The highest BCUT2D eigenvalue weighted by molar-refractivity contribution is 5.99. The van der Waals surface area contributed by atoms with Gasteiger partial charge in [0, 0.05) is 48.6 Å². The van der Waals surface area contributed by atoms with Crippen molar-refractivity contribution in [2.45, 2.75) is 20.2 Å². The molecule has 0 saturated heterocycles. The van der Waals surface area contributed by atoms with Crippen LogP contribution in [0.2, 0.25) is 0 Å². The second-order valence-corrected chi connectivity index (χ2v) is 8.83. The van der Waals surface area contributed by atoms with Gasteiger partial charge in [0.2, 0.25) is 11.9 Å². The highest BCUT2D eigenvalue weighted by Crippen LogP contribution is 2.27. The number of carbonyl (C=O) groups excluding carboxylic acids is 2. The van der Waals surface area contributed by atoms with Gasteiger partial charge in [-0.05, 0) is 79.2 Å². The van der Waals surface area contributed by atoms with Gasteiger partial charge in [-0.15, -0.1) is 13.2 Å². The molecule has 0 radical (unpaired) electrons. The largest absolute Gasteiger partial charge is 0.573 e. The van der Waals surface area contributed by atoms with E-state index in [4.69, 9.17) is 0 Å². The van der Waals surface area contributed by atoms with E-state index in [1.807, 2.05) is 31.0 Å². The Morgan fingerprint density at radius 1 is 0.854 bits per heavy atom. The molecule has 0 aliphatic heterocycles. The molecule has 0 spiro atoms. The fourth-order valence-electron chi connectivity index (χ4n) is 3.68. The summed E-state index contributed by atoms with van der Waals surface area (Å²) in [5, 5.41) is 11.1. The molecule has 3 aromatic carbocycles. The van der Waals surface area contributed by atoms with E-state index in [-0.39, 0.29) is 11.7 Å². The predicted octanol–water partition coefficient (Wildman–Crippen LogP) is 6.80. The molecule has 1 heterocycles. The second kappa shape index (κ2) is 12.2. The third kappa shape index (κ3) is 8.33. The number of ether oxygens (including phenoxy) is 1. The maximum absolute atomic E-state index is 12.3. The van der Waals surface area contributed by atoms with Gasteiger partial charge in [0.15, 0.2) is 0 Å². The van der Waals surface area contributed by atoms with Crippen LogP contribution < -0.4 is 30.9 Å². The molecule has 41 heavy (non-hydrogen) atoms. The Labute approximate surface area is 233 Å². The number of amides is 3. The first-order chi connectivity index (χ1) is 19.4. The minimum Gasteiger partial charge on any atom is -0.406 e. The Morgan fingerprint density at radius 3 is 2.07 bits per heavy atom. The molecular formula is C28H26F3N7O3. The number of carbonyl (C=O) groups is 2. The minimum absolute atomic E-state index is 0.167. The molecule has 0 aliphatic carbocycles. The summed E-state index contributed by atoms with van der Waals surface area (Å²) in [6.45, 7) is 3.34. The molecular weight excluding hydrogens is 539 g/mol. The van der Waals surface area contributed by atoms with E-state index in [2.05, 4.69) is 36.0 Å². The molecule has 0 aliphatic rings.